The normalized spacial score (nSPS) is 11.6. The van der Waals surface area contributed by atoms with Crippen LogP contribution in [0.25, 0.3) is 0 Å². The van der Waals surface area contributed by atoms with Gasteiger partial charge in [0, 0.05) is 18.7 Å². The van der Waals surface area contributed by atoms with Crippen LogP contribution in [0.1, 0.15) is 34.2 Å². The van der Waals surface area contributed by atoms with Crippen LogP contribution in [0.15, 0.2) is 18.3 Å². The molecule has 0 fully saturated rings. The number of carbonyl (C=O) groups is 3. The Morgan fingerprint density at radius 2 is 2.11 bits per heavy atom. The number of carboxylic acid groups (broad SMARTS) is 1. The molecule has 18 heavy (non-hydrogen) atoms. The second-order valence-electron chi connectivity index (χ2n) is 3.78. The molecule has 0 bridgehead atoms. The van der Waals surface area contributed by atoms with Crippen molar-refractivity contribution in [3.8, 4) is 0 Å². The van der Waals surface area contributed by atoms with Crippen LogP contribution in [0.4, 0.5) is 0 Å². The molecular formula is C11H13N3O4. The number of aromatic carboxylic acids is 1. The number of hydrogen-bond donors (Lipinski definition) is 3. The van der Waals surface area contributed by atoms with Crippen molar-refractivity contribution in [2.24, 2.45) is 5.73 Å². The summed E-state index contributed by atoms with van der Waals surface area (Å²) < 4.78 is 0. The highest BCUT2D eigenvalue weighted by Gasteiger charge is 2.13. The van der Waals surface area contributed by atoms with Gasteiger partial charge < -0.3 is 16.2 Å². The predicted molar refractivity (Wildman–Crippen MR) is 61.9 cm³/mol. The first-order valence-corrected chi connectivity index (χ1v) is 5.18. The second kappa shape index (κ2) is 5.76. The number of nitrogens with zero attached hydrogens (tertiary/aromatic N) is 1. The van der Waals surface area contributed by atoms with Crippen molar-refractivity contribution < 1.29 is 19.5 Å². The first-order chi connectivity index (χ1) is 8.40. The quantitative estimate of drug-likeness (QED) is 0.667. The van der Waals surface area contributed by atoms with E-state index in [1.807, 2.05) is 0 Å². The summed E-state index contributed by atoms with van der Waals surface area (Å²) in [6.07, 6.45) is 1.20. The zero-order chi connectivity index (χ0) is 13.7. The van der Waals surface area contributed by atoms with Gasteiger partial charge in [0.25, 0.3) is 5.91 Å². The molecule has 96 valence electrons. The van der Waals surface area contributed by atoms with E-state index in [0.717, 1.165) is 6.20 Å². The number of primary amides is 1. The lowest BCUT2D eigenvalue weighted by Gasteiger charge is -2.11. The van der Waals surface area contributed by atoms with E-state index in [2.05, 4.69) is 10.3 Å². The molecule has 0 saturated heterocycles. The standard InChI is InChI=1S/C11H13N3O4/c1-6(4-9(12)15)14-10(16)7-2-3-8(11(17)18)13-5-7/h2-3,5-6H,4H2,1H3,(H2,12,15)(H,14,16)(H,17,18). The number of nitrogens with two attached hydrogens (primary N) is 1. The number of pyridine rings is 1. The number of aromatic nitrogens is 1. The third-order valence-electron chi connectivity index (χ3n) is 2.13. The molecule has 1 atom stereocenters. The van der Waals surface area contributed by atoms with Crippen LogP contribution in [0.5, 0.6) is 0 Å². The van der Waals surface area contributed by atoms with Crippen LogP contribution in [0, 0.1) is 0 Å². The van der Waals surface area contributed by atoms with E-state index < -0.39 is 23.8 Å². The molecule has 1 unspecified atom stereocenters. The van der Waals surface area contributed by atoms with Gasteiger partial charge >= 0.3 is 5.97 Å². The van der Waals surface area contributed by atoms with Crippen molar-refractivity contribution in [2.45, 2.75) is 19.4 Å². The van der Waals surface area contributed by atoms with Crippen molar-refractivity contribution in [1.29, 1.82) is 0 Å². The van der Waals surface area contributed by atoms with E-state index in [9.17, 15) is 14.4 Å². The van der Waals surface area contributed by atoms with Gasteiger partial charge in [0.05, 0.1) is 5.56 Å². The number of nitrogens with one attached hydrogen (secondary N) is 1. The van der Waals surface area contributed by atoms with Gasteiger partial charge in [0.15, 0.2) is 0 Å². The minimum atomic E-state index is -1.16. The summed E-state index contributed by atoms with van der Waals surface area (Å²) in [4.78, 5) is 36.5. The zero-order valence-electron chi connectivity index (χ0n) is 9.71. The first-order valence-electron chi connectivity index (χ1n) is 5.18. The Labute approximate surface area is 103 Å². The second-order valence-corrected chi connectivity index (χ2v) is 3.78. The van der Waals surface area contributed by atoms with Crippen LogP contribution in [0.3, 0.4) is 0 Å². The van der Waals surface area contributed by atoms with E-state index in [0.29, 0.717) is 0 Å². The average Bonchev–Trinajstić information content (AvgIpc) is 2.27. The molecule has 2 amide bonds. The van der Waals surface area contributed by atoms with Gasteiger partial charge in [-0.1, -0.05) is 0 Å². The molecule has 1 aromatic heterocycles. The van der Waals surface area contributed by atoms with E-state index in [1.54, 1.807) is 6.92 Å². The fourth-order valence-electron chi connectivity index (χ4n) is 1.31. The average molecular weight is 251 g/mol. The van der Waals surface area contributed by atoms with E-state index in [-0.39, 0.29) is 17.7 Å². The number of amides is 2. The molecule has 0 saturated carbocycles. The number of carboxylic acids is 1. The molecule has 7 nitrogen and oxygen atoms in total. The van der Waals surface area contributed by atoms with Gasteiger partial charge in [-0.2, -0.15) is 0 Å². The maximum Gasteiger partial charge on any atom is 0.354 e. The molecule has 0 radical (unpaired) electrons. The molecule has 1 aromatic rings. The van der Waals surface area contributed by atoms with Crippen LogP contribution in [-0.4, -0.2) is 33.9 Å². The largest absolute Gasteiger partial charge is 0.477 e. The van der Waals surface area contributed by atoms with Gasteiger partial charge in [-0.05, 0) is 19.1 Å². The third-order valence-corrected chi connectivity index (χ3v) is 2.13. The fraction of sp³-hybridized carbons (Fsp3) is 0.273. The Kier molecular flexibility index (Phi) is 4.36. The van der Waals surface area contributed by atoms with E-state index >= 15 is 0 Å². The molecular weight excluding hydrogens is 238 g/mol. The summed E-state index contributed by atoms with van der Waals surface area (Å²) in [6, 6.07) is 2.19. The molecule has 1 heterocycles. The first kappa shape index (κ1) is 13.6. The minimum Gasteiger partial charge on any atom is -0.477 e. The van der Waals surface area contributed by atoms with Gasteiger partial charge in [-0.3, -0.25) is 9.59 Å². The Morgan fingerprint density at radius 1 is 1.44 bits per heavy atom. The van der Waals surface area contributed by atoms with Crippen LogP contribution >= 0.6 is 0 Å². The topological polar surface area (TPSA) is 122 Å². The van der Waals surface area contributed by atoms with E-state index in [1.165, 1.54) is 12.1 Å². The van der Waals surface area contributed by atoms with Crippen LogP contribution < -0.4 is 11.1 Å². The molecule has 0 aliphatic rings. The maximum absolute atomic E-state index is 11.7. The molecule has 0 aromatic carbocycles. The maximum atomic E-state index is 11.7. The molecule has 0 spiro atoms. The molecule has 4 N–H and O–H groups in total. The van der Waals surface area contributed by atoms with Gasteiger partial charge in [-0.25, -0.2) is 9.78 Å². The summed E-state index contributed by atoms with van der Waals surface area (Å²) in [7, 11) is 0. The van der Waals surface area contributed by atoms with Gasteiger partial charge in [-0.15, -0.1) is 0 Å². The monoisotopic (exact) mass is 251 g/mol. The van der Waals surface area contributed by atoms with Crippen LogP contribution in [0.2, 0.25) is 0 Å². The molecule has 7 heteroatoms. The van der Waals surface area contributed by atoms with E-state index in [4.69, 9.17) is 10.8 Å². The summed E-state index contributed by atoms with van der Waals surface area (Å²) >= 11 is 0. The smallest absolute Gasteiger partial charge is 0.354 e. The lowest BCUT2D eigenvalue weighted by atomic mass is 10.2. The summed E-state index contributed by atoms with van der Waals surface area (Å²) in [5.74, 6) is -2.11. The van der Waals surface area contributed by atoms with Crippen molar-refractivity contribution >= 4 is 17.8 Å². The lowest BCUT2D eigenvalue weighted by molar-refractivity contribution is -0.118. The lowest BCUT2D eigenvalue weighted by Crippen LogP contribution is -2.35. The highest BCUT2D eigenvalue weighted by atomic mass is 16.4. The Balaban J connectivity index is 2.67. The van der Waals surface area contributed by atoms with Gasteiger partial charge in [0.2, 0.25) is 5.91 Å². The number of rotatable bonds is 5. The van der Waals surface area contributed by atoms with Crippen molar-refractivity contribution in [3.05, 3.63) is 29.6 Å². The van der Waals surface area contributed by atoms with Crippen LogP contribution in [-0.2, 0) is 4.79 Å². The molecule has 0 aliphatic heterocycles. The zero-order valence-corrected chi connectivity index (χ0v) is 9.71. The number of carbonyl (C=O) groups excluding carboxylic acids is 2. The summed E-state index contributed by atoms with van der Waals surface area (Å²) in [6.45, 7) is 1.64. The Morgan fingerprint density at radius 3 is 2.56 bits per heavy atom. The SMILES string of the molecule is CC(CC(N)=O)NC(=O)c1ccc(C(=O)O)nc1. The Hall–Kier alpha value is -2.44. The highest BCUT2D eigenvalue weighted by Crippen LogP contribution is 2.01. The highest BCUT2D eigenvalue weighted by molar-refractivity contribution is 5.95. The molecule has 1 rings (SSSR count). The Bertz CT molecular complexity index is 470. The van der Waals surface area contributed by atoms with Gasteiger partial charge in [0.1, 0.15) is 5.69 Å². The summed E-state index contributed by atoms with van der Waals surface area (Å²) in [5, 5.41) is 11.2. The minimum absolute atomic E-state index is 0.0341. The molecule has 0 aliphatic carbocycles. The fourth-order valence-corrected chi connectivity index (χ4v) is 1.31. The van der Waals surface area contributed by atoms with Crippen molar-refractivity contribution in [1.82, 2.24) is 10.3 Å². The summed E-state index contributed by atoms with van der Waals surface area (Å²) in [5.41, 5.74) is 5.07. The third kappa shape index (κ3) is 3.85. The number of hydrogen-bond acceptors (Lipinski definition) is 4. The van der Waals surface area contributed by atoms with Crippen molar-refractivity contribution in [2.75, 3.05) is 0 Å². The predicted octanol–water partition coefficient (Wildman–Crippen LogP) is -0.227. The van der Waals surface area contributed by atoms with Crippen molar-refractivity contribution in [3.63, 3.8) is 0 Å².